The van der Waals surface area contributed by atoms with Gasteiger partial charge in [0.15, 0.2) is 0 Å². The van der Waals surface area contributed by atoms with Crippen molar-refractivity contribution in [2.75, 3.05) is 0 Å². The molecule has 0 aliphatic carbocycles. The maximum Gasteiger partial charge on any atom is 0.511 e. The molecule has 6 nitrogen and oxygen atoms in total. The number of benzene rings is 3. The molecule has 0 spiro atoms. The number of carbonyl (C=O) groups is 1. The van der Waals surface area contributed by atoms with Crippen molar-refractivity contribution < 1.29 is 24.2 Å². The Bertz CT molecular complexity index is 1410. The number of nitrogens with zero attached hydrogens (tertiary/aromatic N) is 2. The Morgan fingerprint density at radius 3 is 2.28 bits per heavy atom. The fourth-order valence-electron chi connectivity index (χ4n) is 4.05. The average Bonchev–Trinajstić information content (AvgIpc) is 2.86. The number of oxime groups is 1. The predicted molar refractivity (Wildman–Crippen MR) is 136 cm³/mol. The molecule has 1 unspecified atom stereocenters. The van der Waals surface area contributed by atoms with Crippen LogP contribution in [0.25, 0.3) is 11.1 Å². The first-order valence-corrected chi connectivity index (χ1v) is 11.4. The van der Waals surface area contributed by atoms with Crippen molar-refractivity contribution >= 4 is 23.5 Å². The minimum absolute atomic E-state index is 0.225. The van der Waals surface area contributed by atoms with Gasteiger partial charge in [0.2, 0.25) is 0 Å². The normalized spacial score (nSPS) is 12.2. The molecule has 182 valence electrons. The monoisotopic (exact) mass is 504 g/mol. The van der Waals surface area contributed by atoms with Gasteiger partial charge < -0.3 is 15.1 Å². The average molecular weight is 505 g/mol. The van der Waals surface area contributed by atoms with Crippen molar-refractivity contribution in [1.82, 2.24) is 4.98 Å². The van der Waals surface area contributed by atoms with Crippen LogP contribution in [0.2, 0.25) is 5.02 Å². The van der Waals surface area contributed by atoms with E-state index in [1.165, 1.54) is 6.07 Å². The molecule has 0 fully saturated rings. The summed E-state index contributed by atoms with van der Waals surface area (Å²) in [6.45, 7) is 1.84. The van der Waals surface area contributed by atoms with Gasteiger partial charge in [0.25, 0.3) is 0 Å². The molecule has 1 aromatic heterocycles. The highest BCUT2D eigenvalue weighted by Gasteiger charge is 2.22. The molecule has 3 aromatic carbocycles. The number of rotatable bonds is 7. The van der Waals surface area contributed by atoms with Gasteiger partial charge in [0, 0.05) is 34.8 Å². The van der Waals surface area contributed by atoms with Crippen LogP contribution in [0.1, 0.15) is 34.7 Å². The van der Waals surface area contributed by atoms with E-state index >= 15 is 4.39 Å². The van der Waals surface area contributed by atoms with E-state index in [9.17, 15) is 10.0 Å². The van der Waals surface area contributed by atoms with E-state index in [-0.39, 0.29) is 12.2 Å². The molecule has 1 atom stereocenters. The van der Waals surface area contributed by atoms with Gasteiger partial charge >= 0.3 is 6.16 Å². The molecule has 0 radical (unpaired) electrons. The SMILES string of the molecule is Cc1cc(/C(CC(c2ccc(-c3ccc(OC(=O)O)cc3)cc2)c2ccc(Cl)cc2F)=N/O)ccn1. The lowest BCUT2D eigenvalue weighted by Crippen LogP contribution is -2.12. The van der Waals surface area contributed by atoms with Gasteiger partial charge in [0.05, 0.1) is 5.71 Å². The van der Waals surface area contributed by atoms with Crippen molar-refractivity contribution in [2.45, 2.75) is 19.3 Å². The maximum absolute atomic E-state index is 15.0. The molecule has 36 heavy (non-hydrogen) atoms. The van der Waals surface area contributed by atoms with Crippen LogP contribution in [-0.2, 0) is 0 Å². The number of aromatic nitrogens is 1. The summed E-state index contributed by atoms with van der Waals surface area (Å²) in [5, 5.41) is 22.4. The predicted octanol–water partition coefficient (Wildman–Crippen LogP) is 7.31. The zero-order chi connectivity index (χ0) is 25.7. The third-order valence-electron chi connectivity index (χ3n) is 5.79. The number of carboxylic acid groups (broad SMARTS) is 1. The van der Waals surface area contributed by atoms with Crippen LogP contribution >= 0.6 is 11.6 Å². The highest BCUT2D eigenvalue weighted by Crippen LogP contribution is 2.34. The Balaban J connectivity index is 1.68. The molecule has 0 saturated heterocycles. The van der Waals surface area contributed by atoms with Crippen molar-refractivity contribution in [3.05, 3.63) is 118 Å². The summed E-state index contributed by atoms with van der Waals surface area (Å²) in [7, 11) is 0. The molecule has 0 saturated carbocycles. The topological polar surface area (TPSA) is 92.0 Å². The first-order valence-electron chi connectivity index (χ1n) is 11.0. The number of halogens is 2. The van der Waals surface area contributed by atoms with Crippen LogP contribution in [-0.4, -0.2) is 27.2 Å². The van der Waals surface area contributed by atoms with Crippen LogP contribution in [0.5, 0.6) is 5.75 Å². The second-order valence-corrected chi connectivity index (χ2v) is 8.61. The lowest BCUT2D eigenvalue weighted by atomic mass is 9.84. The standard InChI is InChI=1S/C28H22ClFN2O4/c1-17-14-21(12-13-31-17)27(32-35)16-25(24-11-8-22(29)15-26(24)30)20-4-2-18(3-5-20)19-6-9-23(10-7-19)36-28(33)34/h2-15,25,35H,16H2,1H3,(H,33,34)/b32-27+. The van der Waals surface area contributed by atoms with Crippen LogP contribution in [0.3, 0.4) is 0 Å². The molecule has 4 rings (SSSR count). The molecule has 2 N–H and O–H groups in total. The number of hydrogen-bond acceptors (Lipinski definition) is 5. The first-order chi connectivity index (χ1) is 17.3. The maximum atomic E-state index is 15.0. The lowest BCUT2D eigenvalue weighted by Gasteiger charge is -2.20. The Labute approximate surface area is 212 Å². The Kier molecular flexibility index (Phi) is 7.61. The van der Waals surface area contributed by atoms with Crippen LogP contribution in [0.4, 0.5) is 9.18 Å². The quantitative estimate of drug-likeness (QED) is 0.0905. The van der Waals surface area contributed by atoms with Gasteiger partial charge in [-0.2, -0.15) is 0 Å². The first kappa shape index (κ1) is 24.9. The van der Waals surface area contributed by atoms with Gasteiger partial charge in [-0.05, 0) is 65.6 Å². The number of aryl methyl sites for hydroxylation is 1. The fraction of sp³-hybridized carbons (Fsp3) is 0.107. The van der Waals surface area contributed by atoms with E-state index < -0.39 is 17.9 Å². The molecule has 1 heterocycles. The van der Waals surface area contributed by atoms with Gasteiger partial charge in [-0.3, -0.25) is 4.98 Å². The zero-order valence-electron chi connectivity index (χ0n) is 19.2. The van der Waals surface area contributed by atoms with Gasteiger partial charge in [-0.15, -0.1) is 0 Å². The third kappa shape index (κ3) is 5.87. The fourth-order valence-corrected chi connectivity index (χ4v) is 4.21. The summed E-state index contributed by atoms with van der Waals surface area (Å²) in [4.78, 5) is 14.9. The van der Waals surface area contributed by atoms with Crippen LogP contribution < -0.4 is 4.74 Å². The molecule has 0 aliphatic heterocycles. The van der Waals surface area contributed by atoms with E-state index in [4.69, 9.17) is 16.7 Å². The van der Waals surface area contributed by atoms with E-state index in [0.29, 0.717) is 21.9 Å². The van der Waals surface area contributed by atoms with Gasteiger partial charge in [-0.25, -0.2) is 9.18 Å². The minimum atomic E-state index is -1.37. The van der Waals surface area contributed by atoms with Gasteiger partial charge in [0.1, 0.15) is 11.6 Å². The minimum Gasteiger partial charge on any atom is -0.449 e. The molecule has 0 amide bonds. The second kappa shape index (κ2) is 11.0. The molecule has 0 bridgehead atoms. The molecular weight excluding hydrogens is 483 g/mol. The van der Waals surface area contributed by atoms with E-state index in [1.54, 1.807) is 48.7 Å². The zero-order valence-corrected chi connectivity index (χ0v) is 20.0. The lowest BCUT2D eigenvalue weighted by molar-refractivity contribution is 0.144. The molecule has 4 aromatic rings. The number of pyridine rings is 1. The summed E-state index contributed by atoms with van der Waals surface area (Å²) in [6.07, 6.45) is 0.495. The number of ether oxygens (including phenoxy) is 1. The molecular formula is C28H22ClFN2O4. The summed E-state index contributed by atoms with van der Waals surface area (Å²) >= 11 is 5.99. The largest absolute Gasteiger partial charge is 0.511 e. The summed E-state index contributed by atoms with van der Waals surface area (Å²) in [6, 6.07) is 22.3. The Morgan fingerprint density at radius 2 is 1.69 bits per heavy atom. The number of hydrogen-bond donors (Lipinski definition) is 2. The molecule has 8 heteroatoms. The van der Waals surface area contributed by atoms with E-state index in [2.05, 4.69) is 14.9 Å². The van der Waals surface area contributed by atoms with E-state index in [1.807, 2.05) is 37.3 Å². The van der Waals surface area contributed by atoms with Gasteiger partial charge in [-0.1, -0.05) is 59.2 Å². The Hall–Kier alpha value is -4.23. The van der Waals surface area contributed by atoms with Crippen molar-refractivity contribution in [1.29, 1.82) is 0 Å². The van der Waals surface area contributed by atoms with Crippen molar-refractivity contribution in [3.8, 4) is 16.9 Å². The third-order valence-corrected chi connectivity index (χ3v) is 6.03. The smallest absolute Gasteiger partial charge is 0.449 e. The summed E-state index contributed by atoms with van der Waals surface area (Å²) < 4.78 is 19.7. The van der Waals surface area contributed by atoms with Crippen molar-refractivity contribution in [3.63, 3.8) is 0 Å². The summed E-state index contributed by atoms with van der Waals surface area (Å²) in [5.74, 6) is -0.681. The van der Waals surface area contributed by atoms with E-state index in [0.717, 1.165) is 22.4 Å². The Morgan fingerprint density at radius 1 is 1.03 bits per heavy atom. The van der Waals surface area contributed by atoms with Crippen LogP contribution in [0, 0.1) is 12.7 Å². The molecule has 0 aliphatic rings. The van der Waals surface area contributed by atoms with Crippen molar-refractivity contribution in [2.24, 2.45) is 5.16 Å². The highest BCUT2D eigenvalue weighted by molar-refractivity contribution is 6.30. The highest BCUT2D eigenvalue weighted by atomic mass is 35.5. The van der Waals surface area contributed by atoms with Crippen LogP contribution in [0.15, 0.2) is 90.2 Å². The second-order valence-electron chi connectivity index (χ2n) is 8.17. The summed E-state index contributed by atoms with van der Waals surface area (Å²) in [5.41, 5.74) is 4.86.